The Morgan fingerprint density at radius 3 is 3.17 bits per heavy atom. The molecular weight excluding hydrogens is 402 g/mol. The minimum Gasteiger partial charge on any atom is -0.381 e. The Labute approximate surface area is 178 Å². The van der Waals surface area contributed by atoms with E-state index in [9.17, 15) is 4.79 Å². The topological polar surface area (TPSA) is 64.1 Å². The molecular formula is C22H25N3O2S2. The second kappa shape index (κ2) is 8.60. The van der Waals surface area contributed by atoms with Gasteiger partial charge in [-0.3, -0.25) is 9.78 Å². The summed E-state index contributed by atoms with van der Waals surface area (Å²) < 4.78 is 6.60. The zero-order chi connectivity index (χ0) is 19.6. The van der Waals surface area contributed by atoms with E-state index in [0.29, 0.717) is 24.5 Å². The highest BCUT2D eigenvalue weighted by atomic mass is 32.1. The lowest BCUT2D eigenvalue weighted by molar-refractivity contribution is -0.118. The zero-order valence-corrected chi connectivity index (χ0v) is 18.0. The number of pyridine rings is 1. The van der Waals surface area contributed by atoms with Crippen LogP contribution in [0.2, 0.25) is 0 Å². The molecule has 1 saturated heterocycles. The Bertz CT molecular complexity index is 987. The molecule has 0 saturated carbocycles. The number of thiophene rings is 1. The van der Waals surface area contributed by atoms with Crippen molar-refractivity contribution in [1.82, 2.24) is 15.3 Å². The number of carbonyl (C=O) groups is 1. The van der Waals surface area contributed by atoms with Gasteiger partial charge in [-0.2, -0.15) is 0 Å². The van der Waals surface area contributed by atoms with E-state index in [0.717, 1.165) is 67.2 Å². The molecule has 1 unspecified atom stereocenters. The highest BCUT2D eigenvalue weighted by Gasteiger charge is 2.25. The first kappa shape index (κ1) is 19.3. The third kappa shape index (κ3) is 4.14. The lowest BCUT2D eigenvalue weighted by atomic mass is 9.98. The second-order valence-corrected chi connectivity index (χ2v) is 10.1. The van der Waals surface area contributed by atoms with Crippen molar-refractivity contribution in [3.8, 4) is 10.6 Å². The smallest absolute Gasteiger partial charge is 0.138 e. The van der Waals surface area contributed by atoms with Crippen LogP contribution >= 0.6 is 22.7 Å². The Balaban J connectivity index is 1.37. The lowest BCUT2D eigenvalue weighted by Gasteiger charge is -2.13. The van der Waals surface area contributed by atoms with E-state index in [1.54, 1.807) is 22.7 Å². The van der Waals surface area contributed by atoms with Gasteiger partial charge in [0, 0.05) is 54.1 Å². The number of thiazole rings is 1. The Morgan fingerprint density at radius 1 is 1.34 bits per heavy atom. The Kier molecular flexibility index (Phi) is 5.72. The molecule has 152 valence electrons. The van der Waals surface area contributed by atoms with Crippen LogP contribution in [0.5, 0.6) is 0 Å². The number of fused-ring (bicyclic) bond motifs is 2. The minimum absolute atomic E-state index is 0.347. The first-order valence-electron chi connectivity index (χ1n) is 10.4. The van der Waals surface area contributed by atoms with Gasteiger partial charge in [-0.1, -0.05) is 0 Å². The van der Waals surface area contributed by atoms with Gasteiger partial charge in [0.05, 0.1) is 10.9 Å². The molecule has 3 aromatic heterocycles. The molecule has 0 aromatic carbocycles. The highest BCUT2D eigenvalue weighted by molar-refractivity contribution is 7.22. The van der Waals surface area contributed by atoms with Gasteiger partial charge in [-0.25, -0.2) is 4.98 Å². The number of nitrogens with one attached hydrogen (secondary N) is 1. The third-order valence-corrected chi connectivity index (χ3v) is 8.14. The van der Waals surface area contributed by atoms with Crippen LogP contribution in [0.4, 0.5) is 0 Å². The number of ketones is 1. The fourth-order valence-electron chi connectivity index (χ4n) is 4.32. The van der Waals surface area contributed by atoms with Crippen molar-refractivity contribution in [3.63, 3.8) is 0 Å². The van der Waals surface area contributed by atoms with Gasteiger partial charge in [0.1, 0.15) is 16.3 Å². The van der Waals surface area contributed by atoms with E-state index < -0.39 is 0 Å². The quantitative estimate of drug-likeness (QED) is 0.606. The maximum absolute atomic E-state index is 12.8. The molecule has 0 spiro atoms. The predicted octanol–water partition coefficient (Wildman–Crippen LogP) is 4.38. The van der Waals surface area contributed by atoms with Gasteiger partial charge in [0.15, 0.2) is 0 Å². The molecule has 1 atom stereocenters. The molecule has 0 bridgehead atoms. The minimum atomic E-state index is 0.347. The standard InChI is InChI=1S/C22H25N3O2S2/c26-15(3-1-2-14-6-9-27-13-14)10-19-21(16-4-7-24-12-20(16)28-19)22-25-17-11-23-8-5-18(17)29-22/h5,8,11,14,24H,1-4,6-7,9-10,12-13H2. The number of Topliss-reactive ketones (excluding diaryl/α,β-unsaturated/α-hetero) is 1. The van der Waals surface area contributed by atoms with E-state index in [4.69, 9.17) is 9.72 Å². The summed E-state index contributed by atoms with van der Waals surface area (Å²) in [4.78, 5) is 24.4. The number of ether oxygens (including phenoxy) is 1. The van der Waals surface area contributed by atoms with Gasteiger partial charge < -0.3 is 10.1 Å². The van der Waals surface area contributed by atoms with Crippen molar-refractivity contribution in [3.05, 3.63) is 33.8 Å². The van der Waals surface area contributed by atoms with Crippen molar-refractivity contribution in [2.75, 3.05) is 19.8 Å². The Hall–Kier alpha value is -1.67. The summed E-state index contributed by atoms with van der Waals surface area (Å²) in [6, 6.07) is 2.02. The highest BCUT2D eigenvalue weighted by Crippen LogP contribution is 2.41. The SMILES string of the molecule is O=C(CCCC1CCOC1)Cc1sc2c(c1-c1nc3cnccc3s1)CCNC2. The van der Waals surface area contributed by atoms with Gasteiger partial charge in [0.2, 0.25) is 0 Å². The van der Waals surface area contributed by atoms with Crippen molar-refractivity contribution >= 4 is 38.7 Å². The van der Waals surface area contributed by atoms with E-state index in [-0.39, 0.29) is 0 Å². The number of hydrogen-bond acceptors (Lipinski definition) is 7. The van der Waals surface area contributed by atoms with Crippen molar-refractivity contribution < 1.29 is 9.53 Å². The molecule has 5 rings (SSSR count). The first-order valence-corrected chi connectivity index (χ1v) is 12.1. The van der Waals surface area contributed by atoms with Gasteiger partial charge in [-0.05, 0) is 49.8 Å². The molecule has 0 radical (unpaired) electrons. The van der Waals surface area contributed by atoms with Crippen LogP contribution in [-0.4, -0.2) is 35.5 Å². The van der Waals surface area contributed by atoms with E-state index in [2.05, 4.69) is 10.3 Å². The monoisotopic (exact) mass is 427 g/mol. The fourth-order valence-corrected chi connectivity index (χ4v) is 6.77. The molecule has 29 heavy (non-hydrogen) atoms. The molecule has 7 heteroatoms. The van der Waals surface area contributed by atoms with Crippen LogP contribution in [0.15, 0.2) is 18.5 Å². The lowest BCUT2D eigenvalue weighted by Crippen LogP contribution is -2.22. The van der Waals surface area contributed by atoms with Crippen LogP contribution in [0.3, 0.4) is 0 Å². The summed E-state index contributed by atoms with van der Waals surface area (Å²) in [5.41, 5.74) is 3.56. The first-order chi connectivity index (χ1) is 14.3. The largest absolute Gasteiger partial charge is 0.381 e. The molecule has 0 amide bonds. The average molecular weight is 428 g/mol. The zero-order valence-electron chi connectivity index (χ0n) is 16.4. The predicted molar refractivity (Wildman–Crippen MR) is 118 cm³/mol. The maximum atomic E-state index is 12.8. The second-order valence-electron chi connectivity index (χ2n) is 7.93. The third-order valence-electron chi connectivity index (χ3n) is 5.85. The summed E-state index contributed by atoms with van der Waals surface area (Å²) in [6.45, 7) is 3.64. The summed E-state index contributed by atoms with van der Waals surface area (Å²) in [5, 5.41) is 4.51. The maximum Gasteiger partial charge on any atom is 0.138 e. The number of rotatable bonds is 7. The molecule has 0 aliphatic carbocycles. The van der Waals surface area contributed by atoms with E-state index in [1.807, 2.05) is 18.5 Å². The van der Waals surface area contributed by atoms with Crippen LogP contribution in [0.25, 0.3) is 20.8 Å². The summed E-state index contributed by atoms with van der Waals surface area (Å²) in [5.74, 6) is 0.995. The van der Waals surface area contributed by atoms with Crippen molar-refractivity contribution in [2.24, 2.45) is 5.92 Å². The fraction of sp³-hybridized carbons (Fsp3) is 0.500. The average Bonchev–Trinajstić information content (AvgIpc) is 3.45. The molecule has 1 N–H and O–H groups in total. The van der Waals surface area contributed by atoms with Crippen molar-refractivity contribution in [2.45, 2.75) is 45.1 Å². The number of aromatic nitrogens is 2. The summed E-state index contributed by atoms with van der Waals surface area (Å²) in [7, 11) is 0. The number of nitrogens with zero attached hydrogens (tertiary/aromatic N) is 2. The van der Waals surface area contributed by atoms with E-state index in [1.165, 1.54) is 20.9 Å². The van der Waals surface area contributed by atoms with Gasteiger partial charge >= 0.3 is 0 Å². The van der Waals surface area contributed by atoms with Crippen molar-refractivity contribution in [1.29, 1.82) is 0 Å². The molecule has 5 heterocycles. The number of carbonyl (C=O) groups excluding carboxylic acids is 1. The molecule has 5 nitrogen and oxygen atoms in total. The van der Waals surface area contributed by atoms with E-state index >= 15 is 0 Å². The van der Waals surface area contributed by atoms with Gasteiger partial charge in [-0.15, -0.1) is 22.7 Å². The molecule has 1 fully saturated rings. The van der Waals surface area contributed by atoms with Crippen LogP contribution in [0.1, 0.15) is 41.0 Å². The normalized spacial score (nSPS) is 19.0. The molecule has 3 aromatic rings. The molecule has 2 aliphatic heterocycles. The molecule has 2 aliphatic rings. The number of hydrogen-bond donors (Lipinski definition) is 1. The summed E-state index contributed by atoms with van der Waals surface area (Å²) >= 11 is 3.52. The van der Waals surface area contributed by atoms with Crippen LogP contribution < -0.4 is 5.32 Å². The summed E-state index contributed by atoms with van der Waals surface area (Å²) in [6.07, 6.45) is 9.07. The Morgan fingerprint density at radius 2 is 2.31 bits per heavy atom. The van der Waals surface area contributed by atoms with Crippen LogP contribution in [0, 0.1) is 5.92 Å². The van der Waals surface area contributed by atoms with Gasteiger partial charge in [0.25, 0.3) is 0 Å². The van der Waals surface area contributed by atoms with Crippen LogP contribution in [-0.2, 0) is 28.9 Å².